The van der Waals surface area contributed by atoms with Gasteiger partial charge in [-0.05, 0) is 54.9 Å². The van der Waals surface area contributed by atoms with E-state index in [1.54, 1.807) is 6.07 Å². The third-order valence-corrected chi connectivity index (χ3v) is 6.65. The maximum absolute atomic E-state index is 14.7. The minimum atomic E-state index is -1.03. The van der Waals surface area contributed by atoms with Gasteiger partial charge in [-0.2, -0.15) is 0 Å². The van der Waals surface area contributed by atoms with Crippen molar-refractivity contribution in [2.45, 2.75) is 31.5 Å². The molecule has 3 aromatic carbocycles. The molecule has 0 aliphatic carbocycles. The molecule has 0 N–H and O–H groups in total. The van der Waals surface area contributed by atoms with Gasteiger partial charge in [0, 0.05) is 35.5 Å². The molecule has 3 aromatic rings. The molecule has 1 atom stereocenters. The molecule has 5 rings (SSSR count). The van der Waals surface area contributed by atoms with Crippen molar-refractivity contribution in [2.75, 3.05) is 12.0 Å². The molecular weight excluding hydrogens is 426 g/mol. The third-order valence-electron chi connectivity index (χ3n) is 6.65. The van der Waals surface area contributed by atoms with Crippen molar-refractivity contribution in [3.05, 3.63) is 93.9 Å². The molecule has 7 heteroatoms. The van der Waals surface area contributed by atoms with Crippen molar-refractivity contribution in [1.29, 1.82) is 0 Å². The highest BCUT2D eigenvalue weighted by Gasteiger charge is 2.59. The van der Waals surface area contributed by atoms with E-state index in [0.29, 0.717) is 22.6 Å². The molecule has 2 heterocycles. The van der Waals surface area contributed by atoms with Gasteiger partial charge < -0.3 is 14.4 Å². The van der Waals surface area contributed by atoms with Gasteiger partial charge in [0.05, 0.1) is 12.5 Å². The van der Waals surface area contributed by atoms with Crippen LogP contribution in [0.5, 0.6) is 11.5 Å². The second-order valence-corrected chi connectivity index (χ2v) is 8.75. The smallest absolute Gasteiger partial charge is 0.212 e. The minimum absolute atomic E-state index is 0.155. The molecule has 2 aliphatic heterocycles. The molecule has 0 saturated carbocycles. The Morgan fingerprint density at radius 3 is 2.61 bits per heavy atom. The monoisotopic (exact) mass is 448 g/mol. The Morgan fingerprint density at radius 1 is 1.09 bits per heavy atom. The van der Waals surface area contributed by atoms with Crippen molar-refractivity contribution < 1.29 is 18.3 Å². The first kappa shape index (κ1) is 21.1. The average Bonchev–Trinajstić information content (AvgIpc) is 2.98. The largest absolute Gasteiger partial charge is 0.493 e. The number of benzene rings is 3. The average molecular weight is 448 g/mol. The predicted octanol–water partition coefficient (Wildman–Crippen LogP) is 6.47. The third kappa shape index (κ3) is 3.03. The van der Waals surface area contributed by atoms with Crippen LogP contribution in [0.15, 0.2) is 65.9 Å². The lowest BCUT2D eigenvalue weighted by molar-refractivity contribution is 0.0491. The highest BCUT2D eigenvalue weighted by Crippen LogP contribution is 2.56. The van der Waals surface area contributed by atoms with E-state index in [1.165, 1.54) is 25.3 Å². The summed E-state index contributed by atoms with van der Waals surface area (Å²) in [6.07, 6.45) is 3.79. The quantitative estimate of drug-likeness (QED) is 0.429. The van der Waals surface area contributed by atoms with Gasteiger partial charge in [0.2, 0.25) is 5.72 Å². The Kier molecular flexibility index (Phi) is 4.74. The van der Waals surface area contributed by atoms with E-state index in [-0.39, 0.29) is 12.2 Å². The summed E-state index contributed by atoms with van der Waals surface area (Å²) in [4.78, 5) is 13.1. The number of rotatable bonds is 4. The van der Waals surface area contributed by atoms with Crippen LogP contribution < -0.4 is 14.4 Å². The van der Waals surface area contributed by atoms with Gasteiger partial charge in [-0.1, -0.05) is 24.3 Å². The number of fused-ring (bicyclic) bond motifs is 2. The van der Waals surface area contributed by atoms with Gasteiger partial charge in [0.15, 0.2) is 11.5 Å². The zero-order chi connectivity index (χ0) is 23.4. The summed E-state index contributed by atoms with van der Waals surface area (Å²) in [7, 11) is 1.50. The minimum Gasteiger partial charge on any atom is -0.493 e. The standard InChI is InChI=1S/C26H22F2N2O3/c1-25(2)20-6-4-5-7-22(20)30(15-17-8-9-18(27)13-21(17)28)26(25)11-10-16-12-19(29-31)14-23(32-3)24(16)33-26/h4-14H,15H2,1-3H3. The Hall–Kier alpha value is -3.74. The fourth-order valence-electron chi connectivity index (χ4n) is 4.89. The molecule has 0 saturated heterocycles. The summed E-state index contributed by atoms with van der Waals surface area (Å²) in [6.45, 7) is 4.29. The van der Waals surface area contributed by atoms with Crippen molar-refractivity contribution in [1.82, 2.24) is 0 Å². The highest BCUT2D eigenvalue weighted by atomic mass is 19.1. The Labute approximate surface area is 190 Å². The lowest BCUT2D eigenvalue weighted by atomic mass is 9.76. The number of nitroso groups, excluding NO2 is 1. The summed E-state index contributed by atoms with van der Waals surface area (Å²) in [5.41, 5.74) is 1.58. The Bertz CT molecular complexity index is 1300. The second kappa shape index (κ2) is 7.40. The molecule has 0 amide bonds. The number of para-hydroxylation sites is 1. The summed E-state index contributed by atoms with van der Waals surface area (Å²) in [5.74, 6) is -0.393. The number of halogens is 2. The van der Waals surface area contributed by atoms with E-state index in [1.807, 2.05) is 41.3 Å². The van der Waals surface area contributed by atoms with Crippen LogP contribution in [0.3, 0.4) is 0 Å². The van der Waals surface area contributed by atoms with Gasteiger partial charge >= 0.3 is 0 Å². The topological polar surface area (TPSA) is 51.1 Å². The summed E-state index contributed by atoms with van der Waals surface area (Å²) in [6, 6.07) is 14.6. The van der Waals surface area contributed by atoms with Crippen molar-refractivity contribution in [3.63, 3.8) is 0 Å². The molecular formula is C26H22F2N2O3. The molecule has 0 radical (unpaired) electrons. The number of hydrogen-bond donors (Lipinski definition) is 0. The SMILES string of the molecule is COc1cc(N=O)cc2c1OC1(C=C2)N(Cc2ccc(F)cc2F)c2ccccc2C1(C)C. The number of hydrogen-bond acceptors (Lipinski definition) is 5. The molecule has 1 unspecified atom stereocenters. The summed E-state index contributed by atoms with van der Waals surface area (Å²) >= 11 is 0. The van der Waals surface area contributed by atoms with Crippen LogP contribution in [-0.2, 0) is 12.0 Å². The lowest BCUT2D eigenvalue weighted by Crippen LogP contribution is -2.59. The van der Waals surface area contributed by atoms with Gasteiger partial charge in [-0.15, -0.1) is 4.91 Å². The van der Waals surface area contributed by atoms with E-state index in [2.05, 4.69) is 19.0 Å². The van der Waals surface area contributed by atoms with Gasteiger partial charge in [-0.3, -0.25) is 0 Å². The zero-order valence-electron chi connectivity index (χ0n) is 18.4. The van der Waals surface area contributed by atoms with Crippen LogP contribution in [-0.4, -0.2) is 12.8 Å². The van der Waals surface area contributed by atoms with Gasteiger partial charge in [0.25, 0.3) is 0 Å². The van der Waals surface area contributed by atoms with Crippen molar-refractivity contribution in [2.24, 2.45) is 5.18 Å². The maximum Gasteiger partial charge on any atom is 0.212 e. The fraction of sp³-hybridized carbons (Fsp3) is 0.231. The van der Waals surface area contributed by atoms with E-state index in [9.17, 15) is 13.7 Å². The Morgan fingerprint density at radius 2 is 1.88 bits per heavy atom. The van der Waals surface area contributed by atoms with E-state index in [0.717, 1.165) is 17.3 Å². The van der Waals surface area contributed by atoms with E-state index >= 15 is 0 Å². The molecule has 5 nitrogen and oxygen atoms in total. The van der Waals surface area contributed by atoms with Crippen molar-refractivity contribution >= 4 is 17.5 Å². The van der Waals surface area contributed by atoms with Crippen LogP contribution in [0, 0.1) is 16.5 Å². The second-order valence-electron chi connectivity index (χ2n) is 8.75. The maximum atomic E-state index is 14.7. The molecule has 2 aliphatic rings. The van der Waals surface area contributed by atoms with Crippen LogP contribution in [0.2, 0.25) is 0 Å². The first-order valence-corrected chi connectivity index (χ1v) is 10.6. The number of methoxy groups -OCH3 is 1. The lowest BCUT2D eigenvalue weighted by Gasteiger charge is -2.47. The molecule has 168 valence electrons. The number of nitrogens with zero attached hydrogens (tertiary/aromatic N) is 2. The first-order valence-electron chi connectivity index (χ1n) is 10.6. The molecule has 0 fully saturated rings. The highest BCUT2D eigenvalue weighted by molar-refractivity contribution is 5.75. The molecule has 0 bridgehead atoms. The normalized spacial score (nSPS) is 19.7. The van der Waals surface area contributed by atoms with Crippen LogP contribution in [0.1, 0.15) is 30.5 Å². The summed E-state index contributed by atoms with van der Waals surface area (Å²) < 4.78 is 40.5. The van der Waals surface area contributed by atoms with E-state index < -0.39 is 22.8 Å². The Balaban J connectivity index is 1.69. The number of anilines is 1. The fourth-order valence-corrected chi connectivity index (χ4v) is 4.89. The van der Waals surface area contributed by atoms with Crippen molar-refractivity contribution in [3.8, 4) is 11.5 Å². The van der Waals surface area contributed by atoms with Crippen LogP contribution in [0.4, 0.5) is 20.2 Å². The van der Waals surface area contributed by atoms with Gasteiger partial charge in [0.1, 0.15) is 17.3 Å². The molecule has 33 heavy (non-hydrogen) atoms. The molecule has 0 aromatic heterocycles. The predicted molar refractivity (Wildman–Crippen MR) is 123 cm³/mol. The first-order chi connectivity index (χ1) is 15.8. The van der Waals surface area contributed by atoms with Crippen LogP contribution in [0.25, 0.3) is 6.08 Å². The summed E-state index contributed by atoms with van der Waals surface area (Å²) in [5, 5.41) is 3.02. The van der Waals surface area contributed by atoms with Crippen LogP contribution >= 0.6 is 0 Å². The van der Waals surface area contributed by atoms with E-state index in [4.69, 9.17) is 9.47 Å². The molecule has 1 spiro atoms. The van der Waals surface area contributed by atoms with Gasteiger partial charge in [-0.25, -0.2) is 8.78 Å². The number of ether oxygens (including phenoxy) is 2. The zero-order valence-corrected chi connectivity index (χ0v) is 18.4.